The van der Waals surface area contributed by atoms with E-state index >= 15 is 0 Å². The minimum atomic E-state index is -0.144. The monoisotopic (exact) mass is 414 g/mol. The number of hydrogen-bond acceptors (Lipinski definition) is 5. The molecule has 0 bridgehead atoms. The Morgan fingerprint density at radius 2 is 1.83 bits per heavy atom. The lowest BCUT2D eigenvalue weighted by Crippen LogP contribution is -2.43. The van der Waals surface area contributed by atoms with Crippen molar-refractivity contribution in [2.75, 3.05) is 38.6 Å². The topological polar surface area (TPSA) is 92.4 Å². The molecule has 1 fully saturated rings. The lowest BCUT2D eigenvalue weighted by atomic mass is 10.1. The van der Waals surface area contributed by atoms with Crippen LogP contribution in [0, 0.1) is 10.4 Å². The number of fused-ring (bicyclic) bond motifs is 1. The molecule has 152 valence electrons. The van der Waals surface area contributed by atoms with E-state index in [-0.39, 0.29) is 17.0 Å². The van der Waals surface area contributed by atoms with E-state index in [1.807, 2.05) is 6.07 Å². The van der Waals surface area contributed by atoms with Gasteiger partial charge in [0, 0.05) is 24.2 Å². The van der Waals surface area contributed by atoms with Gasteiger partial charge in [0.2, 0.25) is 5.52 Å². The summed E-state index contributed by atoms with van der Waals surface area (Å²) in [5, 5.41) is 26.3. The molecule has 29 heavy (non-hydrogen) atoms. The number of nitrogens with zero attached hydrogens (tertiary/aromatic N) is 3. The molecule has 1 aliphatic heterocycles. The number of aromatic nitrogens is 2. The largest absolute Gasteiger partial charge is 0.710 e. The summed E-state index contributed by atoms with van der Waals surface area (Å²) >= 11 is 6.06. The van der Waals surface area contributed by atoms with E-state index in [9.17, 15) is 10.4 Å². The van der Waals surface area contributed by atoms with Gasteiger partial charge in [0.05, 0.1) is 18.8 Å². The van der Waals surface area contributed by atoms with Gasteiger partial charge in [0.25, 0.3) is 5.52 Å². The van der Waals surface area contributed by atoms with Crippen molar-refractivity contribution in [3.8, 4) is 11.3 Å². The van der Waals surface area contributed by atoms with Gasteiger partial charge in [-0.2, -0.15) is 4.73 Å². The third-order valence-electron chi connectivity index (χ3n) is 5.28. The number of nitrogen functional groups attached to an aromatic ring is 1. The number of benzene rings is 2. The normalized spacial score (nSPS) is 15.1. The fourth-order valence-corrected chi connectivity index (χ4v) is 3.93. The van der Waals surface area contributed by atoms with E-state index in [1.54, 1.807) is 36.4 Å². The van der Waals surface area contributed by atoms with Crippen molar-refractivity contribution in [3.63, 3.8) is 0 Å². The van der Waals surface area contributed by atoms with Gasteiger partial charge in [-0.05, 0) is 49.2 Å². The summed E-state index contributed by atoms with van der Waals surface area (Å²) in [7, 11) is 0. The number of anilines is 1. The highest BCUT2D eigenvalue weighted by Crippen LogP contribution is 2.25. The van der Waals surface area contributed by atoms with Crippen LogP contribution in [0.1, 0.15) is 12.0 Å². The Labute approximate surface area is 174 Å². The molecule has 1 aliphatic rings. The lowest BCUT2D eigenvalue weighted by Gasteiger charge is -2.26. The number of rotatable bonds is 5. The first kappa shape index (κ1) is 19.7. The molecule has 0 amide bonds. The quantitative estimate of drug-likeness (QED) is 0.510. The molecule has 3 aromatic rings. The molecular weight excluding hydrogens is 392 g/mol. The van der Waals surface area contributed by atoms with Gasteiger partial charge >= 0.3 is 11.5 Å². The molecule has 1 aromatic heterocycles. The minimum absolute atomic E-state index is 0.112. The highest BCUT2D eigenvalue weighted by molar-refractivity contribution is 6.30. The van der Waals surface area contributed by atoms with Gasteiger partial charge in [-0.1, -0.05) is 23.7 Å². The first-order chi connectivity index (χ1) is 14.0. The fraction of sp³-hybridized carbons (Fsp3) is 0.333. The Kier molecular flexibility index (Phi) is 5.71. The van der Waals surface area contributed by atoms with Crippen molar-refractivity contribution in [3.05, 3.63) is 63.5 Å². The van der Waals surface area contributed by atoms with E-state index in [2.05, 4.69) is 4.90 Å². The van der Waals surface area contributed by atoms with Crippen molar-refractivity contribution in [1.82, 2.24) is 4.90 Å². The molecule has 0 atom stereocenters. The van der Waals surface area contributed by atoms with Crippen LogP contribution in [0.2, 0.25) is 5.02 Å². The zero-order valence-electron chi connectivity index (χ0n) is 16.0. The first-order valence-electron chi connectivity index (χ1n) is 9.68. The highest BCUT2D eigenvalue weighted by Gasteiger charge is 2.26. The molecule has 2 heterocycles. The van der Waals surface area contributed by atoms with Crippen molar-refractivity contribution in [2.45, 2.75) is 12.8 Å². The summed E-state index contributed by atoms with van der Waals surface area (Å²) in [6.07, 6.45) is 1.79. The van der Waals surface area contributed by atoms with Crippen LogP contribution in [-0.2, 0) is 11.2 Å². The summed E-state index contributed by atoms with van der Waals surface area (Å²) in [5.41, 5.74) is 8.18. The number of hydrogen-bond donors (Lipinski definition) is 1. The second-order valence-corrected chi connectivity index (χ2v) is 7.65. The molecule has 0 aliphatic carbocycles. The average molecular weight is 415 g/mol. The average Bonchev–Trinajstić information content (AvgIpc) is 2.73. The Morgan fingerprint density at radius 3 is 2.59 bits per heavy atom. The van der Waals surface area contributed by atoms with E-state index in [4.69, 9.17) is 22.1 Å². The zero-order valence-corrected chi connectivity index (χ0v) is 16.8. The number of halogens is 1. The molecule has 0 saturated carbocycles. The lowest BCUT2D eigenvalue weighted by molar-refractivity contribution is -0.609. The summed E-state index contributed by atoms with van der Waals surface area (Å²) in [5.74, 6) is -0.144. The van der Waals surface area contributed by atoms with Gasteiger partial charge in [0.1, 0.15) is 0 Å². The Hall–Kier alpha value is -2.61. The van der Waals surface area contributed by atoms with E-state index in [0.717, 1.165) is 56.0 Å². The number of ether oxygens (including phenoxy) is 1. The molecular formula is C21H23ClN4O3. The van der Waals surface area contributed by atoms with Gasteiger partial charge in [-0.25, -0.2) is 4.73 Å². The van der Waals surface area contributed by atoms with E-state index in [1.165, 1.54) is 0 Å². The van der Waals surface area contributed by atoms with Crippen molar-refractivity contribution in [1.29, 1.82) is 0 Å². The number of aryl methyl sites for hydroxylation is 1. The van der Waals surface area contributed by atoms with Gasteiger partial charge in [0.15, 0.2) is 0 Å². The Morgan fingerprint density at radius 1 is 1.03 bits per heavy atom. The number of morpholine rings is 1. The van der Waals surface area contributed by atoms with Crippen molar-refractivity contribution >= 4 is 28.5 Å². The number of nitrogens with two attached hydrogens (primary N) is 1. The summed E-state index contributed by atoms with van der Waals surface area (Å²) in [6, 6.07) is 12.1. The van der Waals surface area contributed by atoms with Crippen LogP contribution in [0.4, 0.5) is 5.82 Å². The van der Waals surface area contributed by atoms with Crippen LogP contribution in [0.3, 0.4) is 0 Å². The summed E-state index contributed by atoms with van der Waals surface area (Å²) < 4.78 is 6.71. The van der Waals surface area contributed by atoms with Crippen molar-refractivity contribution in [2.24, 2.45) is 0 Å². The van der Waals surface area contributed by atoms with E-state index in [0.29, 0.717) is 20.8 Å². The van der Waals surface area contributed by atoms with Crippen LogP contribution < -0.4 is 15.2 Å². The third kappa shape index (κ3) is 4.07. The minimum Gasteiger partial charge on any atom is -0.710 e. The predicted octanol–water partition coefficient (Wildman–Crippen LogP) is 2.27. The predicted molar refractivity (Wildman–Crippen MR) is 112 cm³/mol. The second kappa shape index (κ2) is 8.41. The van der Waals surface area contributed by atoms with Crippen LogP contribution in [-0.4, -0.2) is 37.7 Å². The molecule has 4 rings (SSSR count). The molecule has 0 unspecified atom stereocenters. The third-order valence-corrected chi connectivity index (χ3v) is 5.52. The zero-order chi connectivity index (χ0) is 20.4. The summed E-state index contributed by atoms with van der Waals surface area (Å²) in [4.78, 5) is 2.38. The standard InChI is InChI=1S/C21H23ClN4O3/c22-17-5-1-4-16(14-17)20-21(23)26(28)18-7-6-15(13-19(18)25(20)27)3-2-8-24-9-11-29-12-10-24/h1,4-7,13-14H,2-3,8-12,23H2. The Balaban J connectivity index is 1.64. The fourth-order valence-electron chi connectivity index (χ4n) is 3.74. The maximum Gasteiger partial charge on any atom is 0.351 e. The molecule has 2 N–H and O–H groups in total. The molecule has 7 nitrogen and oxygen atoms in total. The molecule has 0 spiro atoms. The second-order valence-electron chi connectivity index (χ2n) is 7.21. The molecule has 8 heteroatoms. The van der Waals surface area contributed by atoms with Crippen LogP contribution >= 0.6 is 11.6 Å². The maximum atomic E-state index is 13.1. The molecule has 0 radical (unpaired) electrons. The van der Waals surface area contributed by atoms with Gasteiger partial charge < -0.3 is 15.2 Å². The van der Waals surface area contributed by atoms with Crippen LogP contribution in [0.15, 0.2) is 42.5 Å². The van der Waals surface area contributed by atoms with Crippen molar-refractivity contribution < 1.29 is 14.2 Å². The molecule has 2 aromatic carbocycles. The van der Waals surface area contributed by atoms with Crippen LogP contribution in [0.5, 0.6) is 0 Å². The SMILES string of the molecule is Nc1c(-c2cccc(Cl)c2)[n+]([O-])c2cc(CCCN3CCOCC3)ccc2[n+]1[O-]. The smallest absolute Gasteiger partial charge is 0.351 e. The molecule has 1 saturated heterocycles. The van der Waals surface area contributed by atoms with E-state index < -0.39 is 0 Å². The van der Waals surface area contributed by atoms with Gasteiger partial charge in [-0.3, -0.25) is 10.6 Å². The maximum absolute atomic E-state index is 13.1. The highest BCUT2D eigenvalue weighted by atomic mass is 35.5. The first-order valence-corrected chi connectivity index (χ1v) is 10.1. The Bertz CT molecular complexity index is 1040. The van der Waals surface area contributed by atoms with Crippen LogP contribution in [0.25, 0.3) is 22.3 Å². The summed E-state index contributed by atoms with van der Waals surface area (Å²) in [6.45, 7) is 4.45. The van der Waals surface area contributed by atoms with Gasteiger partial charge in [-0.15, -0.1) is 0 Å².